The van der Waals surface area contributed by atoms with Gasteiger partial charge in [0.05, 0.1) is 16.3 Å². The number of amides is 1. The van der Waals surface area contributed by atoms with Crippen LogP contribution in [0.3, 0.4) is 0 Å². The van der Waals surface area contributed by atoms with Crippen molar-refractivity contribution in [1.29, 1.82) is 0 Å². The number of nitrogens with zero attached hydrogens (tertiary/aromatic N) is 5. The van der Waals surface area contributed by atoms with Gasteiger partial charge in [-0.05, 0) is 108 Å². The number of hydrogen-bond acceptors (Lipinski definition) is 8. The molecule has 5 aromatic carbocycles. The molecule has 8 rings (SSSR count). The second kappa shape index (κ2) is 16.4. The van der Waals surface area contributed by atoms with Gasteiger partial charge in [-0.25, -0.2) is 15.0 Å². The van der Waals surface area contributed by atoms with Crippen molar-refractivity contribution in [1.82, 2.24) is 4.98 Å². The minimum atomic E-state index is -0.868. The predicted molar refractivity (Wildman–Crippen MR) is 227 cm³/mol. The summed E-state index contributed by atoms with van der Waals surface area (Å²) in [5.74, 6) is 1.04. The maximum absolute atomic E-state index is 13.9. The molecule has 1 atom stereocenters. The lowest BCUT2D eigenvalue weighted by atomic mass is 10.2. The van der Waals surface area contributed by atoms with Gasteiger partial charge in [0.25, 0.3) is 5.91 Å². The zero-order valence-corrected chi connectivity index (χ0v) is 31.4. The number of hydrogen-bond donors (Lipinski definition) is 1. The number of benzene rings is 5. The molecule has 0 aliphatic carbocycles. The quantitative estimate of drug-likeness (QED) is 0.147. The van der Waals surface area contributed by atoms with Crippen molar-refractivity contribution in [3.05, 3.63) is 190 Å². The molecule has 270 valence electrons. The Labute approximate surface area is 328 Å². The lowest BCUT2D eigenvalue weighted by Gasteiger charge is -2.22. The molecule has 0 saturated carbocycles. The van der Waals surface area contributed by atoms with Crippen LogP contribution in [-0.2, 0) is 11.4 Å². The number of rotatable bonds is 9. The van der Waals surface area contributed by atoms with Gasteiger partial charge >= 0.3 is 0 Å². The fourth-order valence-electron chi connectivity index (χ4n) is 5.95. The Morgan fingerprint density at radius 1 is 0.727 bits per heavy atom. The van der Waals surface area contributed by atoms with Crippen LogP contribution in [0.2, 0.25) is 0 Å². The number of para-hydroxylation sites is 1. The van der Waals surface area contributed by atoms with Gasteiger partial charge in [-0.15, -0.1) is 0 Å². The molecule has 10 heteroatoms. The Balaban J connectivity index is 1.00. The number of ether oxygens (including phenoxy) is 1. The number of pyridine rings is 1. The number of aliphatic hydroxyl groups is 1. The molecule has 8 nitrogen and oxygen atoms in total. The van der Waals surface area contributed by atoms with E-state index in [9.17, 15) is 9.90 Å². The molecule has 55 heavy (non-hydrogen) atoms. The van der Waals surface area contributed by atoms with E-state index in [4.69, 9.17) is 14.7 Å². The molecule has 2 aliphatic rings. The number of aliphatic hydroxyl groups excluding tert-OH is 1. The zero-order chi connectivity index (χ0) is 37.6. The molecular formula is C45H35N5O3S2. The molecule has 2 aliphatic heterocycles. The number of aryl methyl sites for hydroxylation is 1. The normalized spacial score (nSPS) is 18.6. The molecule has 1 N–H and O–H groups in total. The van der Waals surface area contributed by atoms with Crippen LogP contribution < -0.4 is 14.5 Å². The van der Waals surface area contributed by atoms with Crippen LogP contribution in [0.15, 0.2) is 178 Å². The maximum atomic E-state index is 13.9. The summed E-state index contributed by atoms with van der Waals surface area (Å²) >= 11 is 2.77. The molecule has 3 heterocycles. The fraction of sp³-hybridized carbons (Fsp3) is 0.0667. The lowest BCUT2D eigenvalue weighted by Crippen LogP contribution is -2.32. The minimum absolute atomic E-state index is 0.156. The lowest BCUT2D eigenvalue weighted by molar-refractivity contribution is -0.113. The van der Waals surface area contributed by atoms with E-state index in [1.807, 2.05) is 176 Å². The van der Waals surface area contributed by atoms with E-state index in [1.54, 1.807) is 11.1 Å². The van der Waals surface area contributed by atoms with E-state index in [0.29, 0.717) is 32.5 Å². The van der Waals surface area contributed by atoms with Gasteiger partial charge in [-0.3, -0.25) is 14.6 Å². The van der Waals surface area contributed by atoms with Crippen molar-refractivity contribution in [3.63, 3.8) is 0 Å². The summed E-state index contributed by atoms with van der Waals surface area (Å²) in [6, 6.07) is 48.6. The highest BCUT2D eigenvalue weighted by Crippen LogP contribution is 2.40. The van der Waals surface area contributed by atoms with Crippen LogP contribution in [0.25, 0.3) is 12.2 Å². The van der Waals surface area contributed by atoms with E-state index in [-0.39, 0.29) is 12.5 Å². The first-order valence-corrected chi connectivity index (χ1v) is 19.3. The topological polar surface area (TPSA) is 90.6 Å². The van der Waals surface area contributed by atoms with Crippen LogP contribution in [-0.4, -0.2) is 32.6 Å². The van der Waals surface area contributed by atoms with Gasteiger partial charge in [0, 0.05) is 16.8 Å². The standard InChI is InChI=1S/C45H35N5O3S2/c1-31-20-25-41(46-29-31)48-45-50(43(52)40(55-45)28-33-14-7-3-8-15-33)37-19-11-16-34(26-37)30-53-38-23-21-35(22-24-38)47-44-49(36-17-9-4-10-18-36)42(51)39(54-44)27-32-12-5-2-6-13-32/h2-29,42,51H,30H2,1H3/b39-27-,40-28-,47-44?,48-45?. The van der Waals surface area contributed by atoms with Crippen molar-refractivity contribution in [2.24, 2.45) is 9.98 Å². The van der Waals surface area contributed by atoms with Gasteiger partial charge in [0.2, 0.25) is 0 Å². The highest BCUT2D eigenvalue weighted by atomic mass is 32.2. The molecule has 2 fully saturated rings. The van der Waals surface area contributed by atoms with Crippen molar-refractivity contribution >= 4 is 74.8 Å². The van der Waals surface area contributed by atoms with Crippen LogP contribution >= 0.6 is 23.5 Å². The van der Waals surface area contributed by atoms with E-state index in [2.05, 4.69) is 4.98 Å². The number of thioether (sulfide) groups is 2. The monoisotopic (exact) mass is 757 g/mol. The van der Waals surface area contributed by atoms with Gasteiger partial charge in [-0.1, -0.05) is 109 Å². The summed E-state index contributed by atoms with van der Waals surface area (Å²) in [4.78, 5) is 32.9. The SMILES string of the molecule is Cc1ccc(N=C2S/C(=C\c3ccccc3)C(=O)N2c2cccc(COc3ccc(N=C4S/C(=C\c5ccccc5)C(O)N4c4ccccc4)cc3)c2)nc1. The third kappa shape index (κ3) is 8.47. The summed E-state index contributed by atoms with van der Waals surface area (Å²) in [5, 5.41) is 12.6. The molecule has 0 radical (unpaired) electrons. The molecule has 2 saturated heterocycles. The van der Waals surface area contributed by atoms with Crippen molar-refractivity contribution in [2.45, 2.75) is 19.8 Å². The van der Waals surface area contributed by atoms with Crippen LogP contribution in [0.1, 0.15) is 22.3 Å². The van der Waals surface area contributed by atoms with Crippen LogP contribution in [0, 0.1) is 6.92 Å². The second-order valence-corrected chi connectivity index (χ2v) is 14.8. The minimum Gasteiger partial charge on any atom is -0.489 e. The predicted octanol–water partition coefficient (Wildman–Crippen LogP) is 10.4. The summed E-state index contributed by atoms with van der Waals surface area (Å²) in [5.41, 5.74) is 6.13. The third-order valence-corrected chi connectivity index (χ3v) is 10.7. The van der Waals surface area contributed by atoms with E-state index in [1.165, 1.54) is 23.5 Å². The summed E-state index contributed by atoms with van der Waals surface area (Å²) in [6.45, 7) is 2.26. The molecule has 6 aromatic rings. The van der Waals surface area contributed by atoms with Crippen molar-refractivity contribution in [3.8, 4) is 5.75 Å². The Morgan fingerprint density at radius 2 is 1.40 bits per heavy atom. The highest BCUT2D eigenvalue weighted by Gasteiger charge is 2.36. The number of aromatic nitrogens is 1. The van der Waals surface area contributed by atoms with E-state index in [0.717, 1.165) is 38.5 Å². The Bertz CT molecular complexity index is 2420. The van der Waals surface area contributed by atoms with Crippen molar-refractivity contribution < 1.29 is 14.6 Å². The Morgan fingerprint density at radius 3 is 2.09 bits per heavy atom. The number of carbonyl (C=O) groups excluding carboxylic acids is 1. The van der Waals surface area contributed by atoms with Gasteiger partial charge in [0.15, 0.2) is 22.4 Å². The average molecular weight is 758 g/mol. The summed E-state index contributed by atoms with van der Waals surface area (Å²) in [7, 11) is 0. The largest absolute Gasteiger partial charge is 0.489 e. The van der Waals surface area contributed by atoms with Gasteiger partial charge in [0.1, 0.15) is 12.4 Å². The summed E-state index contributed by atoms with van der Waals surface area (Å²) in [6.07, 6.45) is 4.78. The van der Waals surface area contributed by atoms with Gasteiger partial charge in [-0.2, -0.15) is 0 Å². The molecule has 1 unspecified atom stereocenters. The number of amidine groups is 2. The number of aliphatic imine (C=N–C) groups is 2. The fourth-order valence-corrected chi connectivity index (χ4v) is 8.01. The second-order valence-electron chi connectivity index (χ2n) is 12.7. The molecule has 1 aromatic heterocycles. The smallest absolute Gasteiger partial charge is 0.271 e. The third-order valence-electron chi connectivity index (χ3n) is 8.70. The first-order chi connectivity index (χ1) is 27.0. The molecule has 0 bridgehead atoms. The first-order valence-electron chi connectivity index (χ1n) is 17.6. The highest BCUT2D eigenvalue weighted by molar-refractivity contribution is 8.19. The van der Waals surface area contributed by atoms with Crippen LogP contribution in [0.5, 0.6) is 5.75 Å². The molecule has 0 spiro atoms. The van der Waals surface area contributed by atoms with E-state index < -0.39 is 6.23 Å². The molecular weight excluding hydrogens is 723 g/mol. The summed E-state index contributed by atoms with van der Waals surface area (Å²) < 4.78 is 6.21. The van der Waals surface area contributed by atoms with Gasteiger partial charge < -0.3 is 9.84 Å². The maximum Gasteiger partial charge on any atom is 0.271 e. The molecule has 1 amide bonds. The van der Waals surface area contributed by atoms with E-state index >= 15 is 0 Å². The Hall–Kier alpha value is -6.20. The number of anilines is 2. The zero-order valence-electron chi connectivity index (χ0n) is 29.8. The Kier molecular flexibility index (Phi) is 10.7. The average Bonchev–Trinajstić information content (AvgIpc) is 3.69. The number of carbonyl (C=O) groups is 1. The van der Waals surface area contributed by atoms with Crippen molar-refractivity contribution in [2.75, 3.05) is 9.80 Å². The first kappa shape index (κ1) is 35.8. The van der Waals surface area contributed by atoms with Crippen LogP contribution in [0.4, 0.5) is 22.9 Å².